The minimum atomic E-state index is -0.218. The number of ether oxygens (including phenoxy) is 1. The molecule has 0 radical (unpaired) electrons. The Labute approximate surface area is 79.1 Å². The fourth-order valence-electron chi connectivity index (χ4n) is 0.652. The van der Waals surface area contributed by atoms with Gasteiger partial charge in [0.1, 0.15) is 0 Å². The molecule has 1 rings (SSSR count). The van der Waals surface area contributed by atoms with Gasteiger partial charge in [0.25, 0.3) is 0 Å². The molecule has 0 fully saturated rings. The maximum atomic E-state index is 8.26. The molecule has 3 N–H and O–H groups in total. The van der Waals surface area contributed by atoms with Crippen molar-refractivity contribution in [1.29, 1.82) is 0 Å². The van der Waals surface area contributed by atoms with Gasteiger partial charge >= 0.3 is 0 Å². The van der Waals surface area contributed by atoms with Crippen molar-refractivity contribution >= 4 is 0 Å². The molecular formula is C10H17NO2. The molecule has 3 heteroatoms. The van der Waals surface area contributed by atoms with Gasteiger partial charge in [-0.1, -0.05) is 36.4 Å². The van der Waals surface area contributed by atoms with Gasteiger partial charge < -0.3 is 15.6 Å². The smallest absolute Gasteiger partial charge is 0.0636 e. The van der Waals surface area contributed by atoms with E-state index in [9.17, 15) is 0 Å². The van der Waals surface area contributed by atoms with Crippen LogP contribution in [0.1, 0.15) is 0 Å². The Morgan fingerprint density at radius 1 is 1.15 bits per heavy atom. The van der Waals surface area contributed by atoms with Crippen LogP contribution >= 0.6 is 0 Å². The van der Waals surface area contributed by atoms with Crippen molar-refractivity contribution in [3.63, 3.8) is 0 Å². The van der Waals surface area contributed by atoms with Gasteiger partial charge in [-0.3, -0.25) is 0 Å². The van der Waals surface area contributed by atoms with E-state index in [0.29, 0.717) is 6.61 Å². The molecule has 0 aliphatic rings. The zero-order chi connectivity index (χ0) is 9.94. The van der Waals surface area contributed by atoms with Crippen LogP contribution < -0.4 is 5.73 Å². The second kappa shape index (κ2) is 9.19. The molecule has 1 unspecified atom stereocenters. The van der Waals surface area contributed by atoms with E-state index >= 15 is 0 Å². The molecule has 0 bridgehead atoms. The van der Waals surface area contributed by atoms with Gasteiger partial charge in [-0.15, -0.1) is 0 Å². The second-order valence-electron chi connectivity index (χ2n) is 2.55. The van der Waals surface area contributed by atoms with E-state index in [-0.39, 0.29) is 12.6 Å². The molecule has 0 aliphatic heterocycles. The van der Waals surface area contributed by atoms with E-state index in [4.69, 9.17) is 10.8 Å². The summed E-state index contributed by atoms with van der Waals surface area (Å²) in [5, 5.41) is 8.26. The molecule has 0 aromatic heterocycles. The highest BCUT2D eigenvalue weighted by Gasteiger charge is 1.94. The topological polar surface area (TPSA) is 55.5 Å². The summed E-state index contributed by atoms with van der Waals surface area (Å²) in [6, 6.07) is 11.8. The van der Waals surface area contributed by atoms with E-state index in [0.717, 1.165) is 0 Å². The predicted octanol–water partition coefficient (Wildman–Crippen LogP) is 0.639. The van der Waals surface area contributed by atoms with Gasteiger partial charge in [-0.2, -0.15) is 0 Å². The summed E-state index contributed by atoms with van der Waals surface area (Å²) in [5.74, 6) is 0. The van der Waals surface area contributed by atoms with E-state index in [2.05, 4.69) is 4.74 Å². The van der Waals surface area contributed by atoms with Crippen LogP contribution in [0.2, 0.25) is 0 Å². The standard InChI is InChI=1S/C6H6.C4H11NO2/c1-2-4-6-5-3-1;1-7-3-4(5)2-6/h1-6H;4,6H,2-3,5H2,1H3. The molecule has 1 atom stereocenters. The Morgan fingerprint density at radius 3 is 1.69 bits per heavy atom. The Balaban J connectivity index is 0.000000223. The van der Waals surface area contributed by atoms with Crippen molar-refractivity contribution in [2.75, 3.05) is 20.3 Å². The normalized spacial score (nSPS) is 11.3. The first kappa shape index (κ1) is 12.1. The van der Waals surface area contributed by atoms with Crippen LogP contribution in [-0.2, 0) is 4.74 Å². The lowest BCUT2D eigenvalue weighted by Crippen LogP contribution is -2.29. The van der Waals surface area contributed by atoms with Crippen LogP contribution in [0, 0.1) is 0 Å². The number of aliphatic hydroxyl groups excluding tert-OH is 1. The van der Waals surface area contributed by atoms with Crippen LogP contribution in [-0.4, -0.2) is 31.5 Å². The summed E-state index contributed by atoms with van der Waals surface area (Å²) < 4.78 is 4.61. The molecule has 3 nitrogen and oxygen atoms in total. The molecule has 0 aliphatic carbocycles. The Kier molecular flexibility index (Phi) is 8.55. The summed E-state index contributed by atoms with van der Waals surface area (Å²) in [6.45, 7) is 0.421. The van der Waals surface area contributed by atoms with Crippen molar-refractivity contribution in [3.8, 4) is 0 Å². The van der Waals surface area contributed by atoms with Gasteiger partial charge in [0.2, 0.25) is 0 Å². The van der Waals surface area contributed by atoms with Gasteiger partial charge in [0, 0.05) is 7.11 Å². The molecule has 0 spiro atoms. The fourth-order valence-corrected chi connectivity index (χ4v) is 0.652. The second-order valence-corrected chi connectivity index (χ2v) is 2.55. The highest BCUT2D eigenvalue weighted by atomic mass is 16.5. The molecule has 74 valence electrons. The van der Waals surface area contributed by atoms with Crippen LogP contribution in [0.5, 0.6) is 0 Å². The molecule has 13 heavy (non-hydrogen) atoms. The highest BCUT2D eigenvalue weighted by molar-refractivity contribution is 4.99. The summed E-state index contributed by atoms with van der Waals surface area (Å²) in [6.07, 6.45) is 0. The molecule has 1 aromatic rings. The summed E-state index contributed by atoms with van der Waals surface area (Å²) in [5.41, 5.74) is 5.21. The molecule has 1 aromatic carbocycles. The minimum Gasteiger partial charge on any atom is -0.395 e. The van der Waals surface area contributed by atoms with Gasteiger partial charge in [0.05, 0.1) is 19.3 Å². The lowest BCUT2D eigenvalue weighted by molar-refractivity contribution is 0.146. The van der Waals surface area contributed by atoms with Crippen molar-refractivity contribution in [2.45, 2.75) is 6.04 Å². The first-order chi connectivity index (χ1) is 6.31. The van der Waals surface area contributed by atoms with Crippen LogP contribution in [0.25, 0.3) is 0 Å². The van der Waals surface area contributed by atoms with Crippen LogP contribution in [0.3, 0.4) is 0 Å². The summed E-state index contributed by atoms with van der Waals surface area (Å²) in [7, 11) is 1.55. The summed E-state index contributed by atoms with van der Waals surface area (Å²) in [4.78, 5) is 0. The van der Waals surface area contributed by atoms with E-state index in [1.165, 1.54) is 0 Å². The molecule has 0 amide bonds. The minimum absolute atomic E-state index is 0.00611. The predicted molar refractivity (Wildman–Crippen MR) is 53.4 cm³/mol. The fraction of sp³-hybridized carbons (Fsp3) is 0.400. The lowest BCUT2D eigenvalue weighted by atomic mass is 10.4. The Morgan fingerprint density at radius 2 is 1.54 bits per heavy atom. The maximum Gasteiger partial charge on any atom is 0.0636 e. The van der Waals surface area contributed by atoms with Crippen LogP contribution in [0.4, 0.5) is 0 Å². The third-order valence-corrected chi connectivity index (χ3v) is 1.28. The quantitative estimate of drug-likeness (QED) is 0.723. The monoisotopic (exact) mass is 183 g/mol. The van der Waals surface area contributed by atoms with E-state index < -0.39 is 0 Å². The SMILES string of the molecule is COCC(N)CO.c1ccccc1. The first-order valence-corrected chi connectivity index (χ1v) is 4.16. The summed E-state index contributed by atoms with van der Waals surface area (Å²) >= 11 is 0. The van der Waals surface area contributed by atoms with Gasteiger partial charge in [-0.25, -0.2) is 0 Å². The number of benzene rings is 1. The molecule has 0 saturated heterocycles. The average molecular weight is 183 g/mol. The van der Waals surface area contributed by atoms with E-state index in [1.54, 1.807) is 7.11 Å². The van der Waals surface area contributed by atoms with E-state index in [1.807, 2.05) is 36.4 Å². The van der Waals surface area contributed by atoms with Gasteiger partial charge in [-0.05, 0) is 0 Å². The lowest BCUT2D eigenvalue weighted by Gasteiger charge is -2.03. The van der Waals surface area contributed by atoms with Crippen molar-refractivity contribution in [2.24, 2.45) is 5.73 Å². The third-order valence-electron chi connectivity index (χ3n) is 1.28. The number of rotatable bonds is 3. The number of aliphatic hydroxyl groups is 1. The number of hydrogen-bond acceptors (Lipinski definition) is 3. The zero-order valence-electron chi connectivity index (χ0n) is 7.89. The highest BCUT2D eigenvalue weighted by Crippen LogP contribution is 1.79. The Bertz CT molecular complexity index is 153. The van der Waals surface area contributed by atoms with Gasteiger partial charge in [0.15, 0.2) is 0 Å². The number of methoxy groups -OCH3 is 1. The number of hydrogen-bond donors (Lipinski definition) is 2. The molecule has 0 saturated carbocycles. The third kappa shape index (κ3) is 9.01. The maximum absolute atomic E-state index is 8.26. The van der Waals surface area contributed by atoms with Crippen molar-refractivity contribution in [3.05, 3.63) is 36.4 Å². The largest absolute Gasteiger partial charge is 0.395 e. The first-order valence-electron chi connectivity index (χ1n) is 4.16. The van der Waals surface area contributed by atoms with Crippen LogP contribution in [0.15, 0.2) is 36.4 Å². The zero-order valence-corrected chi connectivity index (χ0v) is 7.89. The Hall–Kier alpha value is -0.900. The number of nitrogens with two attached hydrogens (primary N) is 1. The van der Waals surface area contributed by atoms with Crippen molar-refractivity contribution < 1.29 is 9.84 Å². The van der Waals surface area contributed by atoms with Crippen molar-refractivity contribution in [1.82, 2.24) is 0 Å². The molecule has 0 heterocycles. The molecular weight excluding hydrogens is 166 g/mol. The average Bonchev–Trinajstić information content (AvgIpc) is 2.22.